The summed E-state index contributed by atoms with van der Waals surface area (Å²) in [7, 11) is 1.23. The highest BCUT2D eigenvalue weighted by Gasteiger charge is 2.27. The van der Waals surface area contributed by atoms with Crippen molar-refractivity contribution < 1.29 is 27.4 Å². The van der Waals surface area contributed by atoms with Crippen LogP contribution in [0.2, 0.25) is 0 Å². The Hall–Kier alpha value is -2.98. The fourth-order valence-corrected chi connectivity index (χ4v) is 5.12. The molecule has 2 aromatic carbocycles. The maximum Gasteiger partial charge on any atom is 0.224 e. The van der Waals surface area contributed by atoms with Gasteiger partial charge >= 0.3 is 0 Å². The van der Waals surface area contributed by atoms with E-state index in [-0.39, 0.29) is 24.6 Å². The normalized spacial score (nSPS) is 14.6. The minimum absolute atomic E-state index is 0.0567. The van der Waals surface area contributed by atoms with Gasteiger partial charge in [0.05, 0.1) is 39.2 Å². The molecule has 0 radical (unpaired) electrons. The molecule has 0 atom stereocenters. The second-order valence-corrected chi connectivity index (χ2v) is 9.68. The number of anilines is 1. The molecule has 0 spiro atoms. The van der Waals surface area contributed by atoms with Crippen LogP contribution in [0.25, 0.3) is 0 Å². The van der Waals surface area contributed by atoms with Gasteiger partial charge in [-0.25, -0.2) is 8.42 Å². The number of benzene rings is 2. The molecule has 1 N–H and O–H groups in total. The van der Waals surface area contributed by atoms with Crippen molar-refractivity contribution in [1.82, 2.24) is 9.62 Å². The highest BCUT2D eigenvalue weighted by Crippen LogP contribution is 2.29. The van der Waals surface area contributed by atoms with Crippen molar-refractivity contribution in [3.05, 3.63) is 48.0 Å². The van der Waals surface area contributed by atoms with Crippen LogP contribution in [0.15, 0.2) is 42.5 Å². The minimum Gasteiger partial charge on any atom is -0.495 e. The van der Waals surface area contributed by atoms with Gasteiger partial charge in [0, 0.05) is 32.7 Å². The van der Waals surface area contributed by atoms with E-state index >= 15 is 0 Å². The number of piperazine rings is 1. The zero-order valence-electron chi connectivity index (χ0n) is 19.2. The number of hydrogen-bond donors (Lipinski definition) is 1. The lowest BCUT2D eigenvalue weighted by molar-refractivity contribution is -0.120. The number of para-hydroxylation sites is 2. The fourth-order valence-electron chi connectivity index (χ4n) is 3.79. The number of carbonyl (C=O) groups excluding carboxylic acids is 1. The van der Waals surface area contributed by atoms with Crippen LogP contribution in [0.3, 0.4) is 0 Å². The van der Waals surface area contributed by atoms with Gasteiger partial charge < -0.3 is 24.4 Å². The molecule has 9 nitrogen and oxygen atoms in total. The molecular formula is C23H31N3O6S. The Bertz CT molecular complexity index is 1050. The van der Waals surface area contributed by atoms with Crippen LogP contribution in [0.1, 0.15) is 5.56 Å². The molecule has 0 aromatic heterocycles. The lowest BCUT2D eigenvalue weighted by Crippen LogP contribution is -2.50. The molecule has 33 heavy (non-hydrogen) atoms. The number of nitrogens with one attached hydrogen (secondary N) is 1. The van der Waals surface area contributed by atoms with Gasteiger partial charge in [0.25, 0.3) is 0 Å². The molecule has 1 heterocycles. The van der Waals surface area contributed by atoms with E-state index in [1.54, 1.807) is 32.4 Å². The third-order valence-electron chi connectivity index (χ3n) is 5.55. The van der Waals surface area contributed by atoms with Crippen LogP contribution >= 0.6 is 0 Å². The molecule has 0 saturated carbocycles. The Kier molecular flexibility index (Phi) is 8.40. The Morgan fingerprint density at radius 1 is 0.909 bits per heavy atom. The molecule has 10 heteroatoms. The SMILES string of the molecule is COc1ccc(CC(=O)NCCS(=O)(=O)N2CCN(c3ccccc3OC)CC2)cc1OC. The van der Waals surface area contributed by atoms with E-state index in [9.17, 15) is 13.2 Å². The number of rotatable bonds is 10. The predicted octanol–water partition coefficient (Wildman–Crippen LogP) is 1.52. The first kappa shape index (κ1) is 24.7. The quantitative estimate of drug-likeness (QED) is 0.554. The van der Waals surface area contributed by atoms with Crippen LogP contribution in [0, 0.1) is 0 Å². The van der Waals surface area contributed by atoms with E-state index in [0.717, 1.165) is 17.0 Å². The van der Waals surface area contributed by atoms with Gasteiger partial charge in [-0.3, -0.25) is 4.79 Å². The number of ether oxygens (including phenoxy) is 3. The van der Waals surface area contributed by atoms with Crippen molar-refractivity contribution in [1.29, 1.82) is 0 Å². The van der Waals surface area contributed by atoms with Crippen molar-refractivity contribution in [2.24, 2.45) is 0 Å². The lowest BCUT2D eigenvalue weighted by Gasteiger charge is -2.36. The van der Waals surface area contributed by atoms with Gasteiger partial charge in [-0.05, 0) is 29.8 Å². The molecule has 0 bridgehead atoms. The monoisotopic (exact) mass is 477 g/mol. The van der Waals surface area contributed by atoms with Gasteiger partial charge in [0.1, 0.15) is 5.75 Å². The zero-order valence-corrected chi connectivity index (χ0v) is 20.1. The molecule has 1 amide bonds. The Balaban J connectivity index is 1.47. The summed E-state index contributed by atoms with van der Waals surface area (Å²) in [5, 5.41) is 2.70. The molecule has 1 aliphatic heterocycles. The summed E-state index contributed by atoms with van der Waals surface area (Å²) in [6.07, 6.45) is 0.123. The van der Waals surface area contributed by atoms with E-state index in [1.807, 2.05) is 24.3 Å². The Morgan fingerprint density at radius 3 is 2.24 bits per heavy atom. The molecule has 0 unspecified atom stereocenters. The highest BCUT2D eigenvalue weighted by molar-refractivity contribution is 7.89. The Morgan fingerprint density at radius 2 is 1.58 bits per heavy atom. The van der Waals surface area contributed by atoms with Crippen LogP contribution in [-0.4, -0.2) is 78.4 Å². The first-order valence-electron chi connectivity index (χ1n) is 10.7. The second-order valence-electron chi connectivity index (χ2n) is 7.59. The van der Waals surface area contributed by atoms with Crippen molar-refractivity contribution in [3.63, 3.8) is 0 Å². The molecular weight excluding hydrogens is 446 g/mol. The maximum atomic E-state index is 12.7. The van der Waals surface area contributed by atoms with Gasteiger partial charge in [-0.2, -0.15) is 4.31 Å². The fraction of sp³-hybridized carbons (Fsp3) is 0.435. The number of sulfonamides is 1. The lowest BCUT2D eigenvalue weighted by atomic mass is 10.1. The number of hydrogen-bond acceptors (Lipinski definition) is 7. The second kappa shape index (κ2) is 11.2. The van der Waals surface area contributed by atoms with Gasteiger partial charge in [0.15, 0.2) is 11.5 Å². The molecule has 1 aliphatic rings. The molecule has 1 saturated heterocycles. The Labute approximate surface area is 195 Å². The smallest absolute Gasteiger partial charge is 0.224 e. The van der Waals surface area contributed by atoms with Gasteiger partial charge in [0.2, 0.25) is 15.9 Å². The van der Waals surface area contributed by atoms with E-state index in [2.05, 4.69) is 10.2 Å². The van der Waals surface area contributed by atoms with E-state index in [1.165, 1.54) is 11.4 Å². The molecule has 180 valence electrons. The number of methoxy groups -OCH3 is 3. The highest BCUT2D eigenvalue weighted by atomic mass is 32.2. The standard InChI is InChI=1S/C23H31N3O6S/c1-30-20-7-5-4-6-19(20)25-11-13-26(14-12-25)33(28,29)15-10-24-23(27)17-18-8-9-21(31-2)22(16-18)32-3/h4-9,16H,10-15,17H2,1-3H3,(H,24,27). The van der Waals surface area contributed by atoms with E-state index in [0.29, 0.717) is 37.7 Å². The summed E-state index contributed by atoms with van der Waals surface area (Å²) in [6.45, 7) is 1.98. The molecule has 1 fully saturated rings. The van der Waals surface area contributed by atoms with E-state index < -0.39 is 10.0 Å². The number of amides is 1. The van der Waals surface area contributed by atoms with Crippen molar-refractivity contribution in [3.8, 4) is 17.2 Å². The summed E-state index contributed by atoms with van der Waals surface area (Å²) >= 11 is 0. The third-order valence-corrected chi connectivity index (χ3v) is 7.42. The third kappa shape index (κ3) is 6.29. The first-order valence-corrected chi connectivity index (χ1v) is 12.3. The average Bonchev–Trinajstić information content (AvgIpc) is 2.83. The minimum atomic E-state index is -3.47. The van der Waals surface area contributed by atoms with Gasteiger partial charge in [-0.15, -0.1) is 0 Å². The summed E-state index contributed by atoms with van der Waals surface area (Å²) in [5.41, 5.74) is 1.71. The van der Waals surface area contributed by atoms with E-state index in [4.69, 9.17) is 14.2 Å². The zero-order chi connectivity index (χ0) is 23.8. The molecule has 0 aliphatic carbocycles. The van der Waals surface area contributed by atoms with Crippen molar-refractivity contribution in [2.45, 2.75) is 6.42 Å². The topological polar surface area (TPSA) is 97.4 Å². The van der Waals surface area contributed by atoms with Crippen molar-refractivity contribution >= 4 is 21.6 Å². The number of carbonyl (C=O) groups is 1. The summed E-state index contributed by atoms with van der Waals surface area (Å²) in [5.74, 6) is 1.50. The van der Waals surface area contributed by atoms with Crippen LogP contribution in [-0.2, 0) is 21.2 Å². The maximum absolute atomic E-state index is 12.7. The average molecular weight is 478 g/mol. The number of nitrogens with zero attached hydrogens (tertiary/aromatic N) is 2. The summed E-state index contributed by atoms with van der Waals surface area (Å²) in [4.78, 5) is 14.4. The van der Waals surface area contributed by atoms with Crippen LogP contribution < -0.4 is 24.4 Å². The summed E-state index contributed by atoms with van der Waals surface area (Å²) < 4.78 is 42.8. The van der Waals surface area contributed by atoms with Crippen LogP contribution in [0.4, 0.5) is 5.69 Å². The summed E-state index contributed by atoms with van der Waals surface area (Å²) in [6, 6.07) is 12.9. The van der Waals surface area contributed by atoms with Crippen molar-refractivity contribution in [2.75, 3.05) is 64.7 Å². The van der Waals surface area contributed by atoms with Gasteiger partial charge in [-0.1, -0.05) is 18.2 Å². The first-order chi connectivity index (χ1) is 15.9. The molecule has 2 aromatic rings. The molecule has 3 rings (SSSR count). The predicted molar refractivity (Wildman–Crippen MR) is 127 cm³/mol. The largest absolute Gasteiger partial charge is 0.495 e. The van der Waals surface area contributed by atoms with Crippen LogP contribution in [0.5, 0.6) is 17.2 Å².